The number of rotatable bonds is 1. The zero-order chi connectivity index (χ0) is 9.14. The smallest absolute Gasteiger partial charge is 0.309 e. The monoisotopic (exact) mass is 171 g/mol. The highest BCUT2D eigenvalue weighted by Crippen LogP contribution is 2.23. The van der Waals surface area contributed by atoms with Gasteiger partial charge in [0.15, 0.2) is 0 Å². The normalized spacial score (nSPS) is 36.1. The summed E-state index contributed by atoms with van der Waals surface area (Å²) in [7, 11) is 1.46. The van der Waals surface area contributed by atoms with E-state index in [2.05, 4.69) is 19.2 Å². The maximum absolute atomic E-state index is 11.3. The third kappa shape index (κ3) is 1.78. The summed E-state index contributed by atoms with van der Waals surface area (Å²) < 4.78 is 4.74. The molecule has 1 fully saturated rings. The minimum atomic E-state index is -0.0594. The van der Waals surface area contributed by atoms with E-state index >= 15 is 0 Å². The summed E-state index contributed by atoms with van der Waals surface area (Å²) in [5.41, 5.74) is 0. The maximum Gasteiger partial charge on any atom is 0.309 e. The van der Waals surface area contributed by atoms with E-state index < -0.39 is 0 Å². The molecule has 0 aromatic heterocycles. The Bertz CT molecular complexity index is 170. The number of ether oxygens (including phenoxy) is 1. The van der Waals surface area contributed by atoms with E-state index in [1.165, 1.54) is 7.11 Å². The standard InChI is InChI=1S/C9H17NO2/c1-6-7(2)10-5-4-8(6)9(11)12-3/h6-8,10H,4-5H2,1-3H3/t6-,7-,8+/m0/s1. The van der Waals surface area contributed by atoms with Crippen LogP contribution in [0.3, 0.4) is 0 Å². The van der Waals surface area contributed by atoms with Crippen molar-refractivity contribution in [3.05, 3.63) is 0 Å². The number of carbonyl (C=O) groups is 1. The molecule has 0 amide bonds. The molecule has 1 N–H and O–H groups in total. The highest BCUT2D eigenvalue weighted by molar-refractivity contribution is 5.72. The van der Waals surface area contributed by atoms with Crippen molar-refractivity contribution in [2.45, 2.75) is 26.3 Å². The van der Waals surface area contributed by atoms with Crippen molar-refractivity contribution in [3.8, 4) is 0 Å². The minimum Gasteiger partial charge on any atom is -0.469 e. The fourth-order valence-corrected chi connectivity index (χ4v) is 1.75. The molecule has 12 heavy (non-hydrogen) atoms. The van der Waals surface area contributed by atoms with E-state index in [1.807, 2.05) is 0 Å². The molecule has 3 nitrogen and oxygen atoms in total. The molecule has 1 saturated heterocycles. The molecule has 0 aromatic rings. The van der Waals surface area contributed by atoms with Gasteiger partial charge < -0.3 is 10.1 Å². The molecule has 0 radical (unpaired) electrons. The van der Waals surface area contributed by atoms with Crippen LogP contribution < -0.4 is 5.32 Å². The van der Waals surface area contributed by atoms with Gasteiger partial charge in [0.1, 0.15) is 0 Å². The molecule has 0 spiro atoms. The topological polar surface area (TPSA) is 38.3 Å². The van der Waals surface area contributed by atoms with Gasteiger partial charge in [0.05, 0.1) is 13.0 Å². The summed E-state index contributed by atoms with van der Waals surface area (Å²) in [5.74, 6) is 0.410. The lowest BCUT2D eigenvalue weighted by Crippen LogP contribution is -2.45. The molecule has 0 bridgehead atoms. The highest BCUT2D eigenvalue weighted by Gasteiger charge is 2.32. The molecule has 1 aliphatic rings. The van der Waals surface area contributed by atoms with Gasteiger partial charge in [-0.05, 0) is 25.8 Å². The van der Waals surface area contributed by atoms with Crippen LogP contribution in [0.15, 0.2) is 0 Å². The van der Waals surface area contributed by atoms with E-state index in [4.69, 9.17) is 4.74 Å². The van der Waals surface area contributed by atoms with E-state index in [0.29, 0.717) is 12.0 Å². The molecule has 1 heterocycles. The number of carbonyl (C=O) groups excluding carboxylic acids is 1. The lowest BCUT2D eigenvalue weighted by Gasteiger charge is -2.33. The zero-order valence-electron chi connectivity index (χ0n) is 7.96. The van der Waals surface area contributed by atoms with Crippen LogP contribution in [0.2, 0.25) is 0 Å². The zero-order valence-corrected chi connectivity index (χ0v) is 7.96. The summed E-state index contributed by atoms with van der Waals surface area (Å²) in [4.78, 5) is 11.3. The van der Waals surface area contributed by atoms with Crippen LogP contribution in [0, 0.1) is 11.8 Å². The summed E-state index contributed by atoms with van der Waals surface area (Å²) in [5, 5.41) is 3.33. The highest BCUT2D eigenvalue weighted by atomic mass is 16.5. The van der Waals surface area contributed by atoms with Gasteiger partial charge in [0, 0.05) is 6.04 Å². The Kier molecular flexibility index (Phi) is 3.09. The van der Waals surface area contributed by atoms with Crippen LogP contribution in [0.1, 0.15) is 20.3 Å². The summed E-state index contributed by atoms with van der Waals surface area (Å²) >= 11 is 0. The van der Waals surface area contributed by atoms with Gasteiger partial charge in [0.2, 0.25) is 0 Å². The number of methoxy groups -OCH3 is 1. The quantitative estimate of drug-likeness (QED) is 0.593. The Balaban J connectivity index is 2.57. The van der Waals surface area contributed by atoms with Crippen molar-refractivity contribution in [2.75, 3.05) is 13.7 Å². The lowest BCUT2D eigenvalue weighted by molar-refractivity contribution is -0.148. The first-order chi connectivity index (χ1) is 5.66. The SMILES string of the molecule is COC(=O)[C@@H]1CCN[C@@H](C)[C@@H]1C. The van der Waals surface area contributed by atoms with E-state index in [0.717, 1.165) is 13.0 Å². The number of esters is 1. The first kappa shape index (κ1) is 9.52. The summed E-state index contributed by atoms with van der Waals surface area (Å²) in [6.45, 7) is 5.13. The van der Waals surface area contributed by atoms with Crippen LogP contribution in [-0.4, -0.2) is 25.7 Å². The molecule has 0 aromatic carbocycles. The third-order valence-electron chi connectivity index (χ3n) is 2.85. The molecule has 3 atom stereocenters. The van der Waals surface area contributed by atoms with Crippen molar-refractivity contribution in [1.29, 1.82) is 0 Å². The van der Waals surface area contributed by atoms with Crippen molar-refractivity contribution in [1.82, 2.24) is 5.32 Å². The number of piperidine rings is 1. The lowest BCUT2D eigenvalue weighted by atomic mass is 9.83. The number of hydrogen-bond acceptors (Lipinski definition) is 3. The molecule has 70 valence electrons. The second-order valence-electron chi connectivity index (χ2n) is 3.52. The average Bonchev–Trinajstić information content (AvgIpc) is 2.08. The van der Waals surface area contributed by atoms with Gasteiger partial charge in [-0.1, -0.05) is 6.92 Å². The van der Waals surface area contributed by atoms with Crippen LogP contribution >= 0.6 is 0 Å². The number of hydrogen-bond donors (Lipinski definition) is 1. The van der Waals surface area contributed by atoms with Crippen molar-refractivity contribution < 1.29 is 9.53 Å². The van der Waals surface area contributed by atoms with Gasteiger partial charge in [-0.15, -0.1) is 0 Å². The number of nitrogens with one attached hydrogen (secondary N) is 1. The molecule has 0 saturated carbocycles. The Hall–Kier alpha value is -0.570. The van der Waals surface area contributed by atoms with E-state index in [1.54, 1.807) is 0 Å². The first-order valence-electron chi connectivity index (χ1n) is 4.48. The van der Waals surface area contributed by atoms with Crippen molar-refractivity contribution in [3.63, 3.8) is 0 Å². The van der Waals surface area contributed by atoms with E-state index in [9.17, 15) is 4.79 Å². The van der Waals surface area contributed by atoms with Crippen LogP contribution in [0.5, 0.6) is 0 Å². The second-order valence-corrected chi connectivity index (χ2v) is 3.52. The van der Waals surface area contributed by atoms with Gasteiger partial charge in [-0.3, -0.25) is 4.79 Å². The molecular weight excluding hydrogens is 154 g/mol. The largest absolute Gasteiger partial charge is 0.469 e. The maximum atomic E-state index is 11.3. The van der Waals surface area contributed by atoms with Crippen LogP contribution in [0.4, 0.5) is 0 Å². The summed E-state index contributed by atoms with van der Waals surface area (Å²) in [6.07, 6.45) is 0.901. The molecule has 1 rings (SSSR count). The van der Waals surface area contributed by atoms with Crippen LogP contribution in [0.25, 0.3) is 0 Å². The second kappa shape index (κ2) is 3.90. The molecular formula is C9H17NO2. The van der Waals surface area contributed by atoms with Crippen molar-refractivity contribution in [2.24, 2.45) is 11.8 Å². The average molecular weight is 171 g/mol. The fraction of sp³-hybridized carbons (Fsp3) is 0.889. The van der Waals surface area contributed by atoms with Gasteiger partial charge >= 0.3 is 5.97 Å². The Morgan fingerprint density at radius 3 is 2.75 bits per heavy atom. The first-order valence-corrected chi connectivity index (χ1v) is 4.48. The van der Waals surface area contributed by atoms with Gasteiger partial charge in [-0.2, -0.15) is 0 Å². The Morgan fingerprint density at radius 2 is 2.17 bits per heavy atom. The predicted octanol–water partition coefficient (Wildman–Crippen LogP) is 0.793. The Labute approximate surface area is 73.5 Å². The summed E-state index contributed by atoms with van der Waals surface area (Å²) in [6, 6.07) is 0.419. The molecule has 0 aliphatic carbocycles. The Morgan fingerprint density at radius 1 is 1.50 bits per heavy atom. The molecule has 3 heteroatoms. The van der Waals surface area contributed by atoms with Crippen molar-refractivity contribution >= 4 is 5.97 Å². The molecule has 1 aliphatic heterocycles. The minimum absolute atomic E-state index is 0.0594. The van der Waals surface area contributed by atoms with Gasteiger partial charge in [0.25, 0.3) is 0 Å². The van der Waals surface area contributed by atoms with Gasteiger partial charge in [-0.25, -0.2) is 0 Å². The van der Waals surface area contributed by atoms with E-state index in [-0.39, 0.29) is 11.9 Å². The third-order valence-corrected chi connectivity index (χ3v) is 2.85. The van der Waals surface area contributed by atoms with Crippen LogP contribution in [-0.2, 0) is 9.53 Å². The molecule has 0 unspecified atom stereocenters. The predicted molar refractivity (Wildman–Crippen MR) is 46.8 cm³/mol. The fourth-order valence-electron chi connectivity index (χ4n) is 1.75.